The molecule has 1 aromatic carbocycles. The highest BCUT2D eigenvalue weighted by Gasteiger charge is 2.26. The van der Waals surface area contributed by atoms with Crippen molar-refractivity contribution >= 4 is 11.8 Å². The van der Waals surface area contributed by atoms with Crippen LogP contribution in [-0.4, -0.2) is 16.9 Å². The van der Waals surface area contributed by atoms with Gasteiger partial charge in [-0.2, -0.15) is 0 Å². The number of carboxylic acid groups (broad SMARTS) is 1. The molecule has 0 bridgehead atoms. The van der Waals surface area contributed by atoms with Crippen LogP contribution in [0, 0.1) is 5.92 Å². The first kappa shape index (κ1) is 24.1. The van der Waals surface area contributed by atoms with Crippen LogP contribution in [0.4, 0.5) is 0 Å². The van der Waals surface area contributed by atoms with E-state index in [0.717, 1.165) is 32.1 Å². The predicted molar refractivity (Wildman–Crippen MR) is 117 cm³/mol. The van der Waals surface area contributed by atoms with Gasteiger partial charge < -0.3 is 5.11 Å². The molecule has 0 aromatic heterocycles. The number of carboxylic acids is 1. The van der Waals surface area contributed by atoms with Gasteiger partial charge in [-0.15, -0.1) is 0 Å². The van der Waals surface area contributed by atoms with Gasteiger partial charge in [0.25, 0.3) is 0 Å². The van der Waals surface area contributed by atoms with Crippen LogP contribution in [0.5, 0.6) is 0 Å². The van der Waals surface area contributed by atoms with Gasteiger partial charge in [0.15, 0.2) is 5.78 Å². The van der Waals surface area contributed by atoms with E-state index >= 15 is 0 Å². The Morgan fingerprint density at radius 1 is 0.821 bits per heavy atom. The number of rotatable bonds is 17. The minimum atomic E-state index is -1.01. The van der Waals surface area contributed by atoms with Gasteiger partial charge in [0.1, 0.15) is 5.92 Å². The summed E-state index contributed by atoms with van der Waals surface area (Å²) in [6, 6.07) is 8.75. The zero-order valence-electron chi connectivity index (χ0n) is 17.6. The third kappa shape index (κ3) is 11.1. The molecule has 3 nitrogen and oxygen atoms in total. The number of benzene rings is 1. The Kier molecular flexibility index (Phi) is 13.9. The minimum Gasteiger partial charge on any atom is -0.481 e. The number of aliphatic carboxylic acids is 1. The molecule has 0 heterocycles. The van der Waals surface area contributed by atoms with Crippen molar-refractivity contribution < 1.29 is 14.7 Å². The third-order valence-corrected chi connectivity index (χ3v) is 5.18. The molecule has 0 amide bonds. The van der Waals surface area contributed by atoms with Gasteiger partial charge in [0.05, 0.1) is 0 Å². The largest absolute Gasteiger partial charge is 0.481 e. The molecule has 28 heavy (non-hydrogen) atoms. The van der Waals surface area contributed by atoms with Crippen molar-refractivity contribution in [3.8, 4) is 0 Å². The van der Waals surface area contributed by atoms with Crippen molar-refractivity contribution in [1.82, 2.24) is 0 Å². The second kappa shape index (κ2) is 16.1. The van der Waals surface area contributed by atoms with Crippen molar-refractivity contribution in [2.75, 3.05) is 0 Å². The van der Waals surface area contributed by atoms with Crippen molar-refractivity contribution in [2.24, 2.45) is 5.92 Å². The standard InChI is InChI=1S/C25H38O3/c1-2-3-4-5-6-7-8-9-10-11-12-13-14-18-21-23(25(27)28)24(26)22-19-16-15-17-20-22/h9-10,15-17,19-20,23H,2-8,11-14,18,21H2,1H3,(H,27,28)/b10-9+. The molecular weight excluding hydrogens is 348 g/mol. The lowest BCUT2D eigenvalue weighted by Gasteiger charge is -2.11. The number of hydrogen-bond donors (Lipinski definition) is 1. The van der Waals surface area contributed by atoms with E-state index in [0.29, 0.717) is 12.0 Å². The Morgan fingerprint density at radius 2 is 1.36 bits per heavy atom. The van der Waals surface area contributed by atoms with Crippen LogP contribution in [0.25, 0.3) is 0 Å². The van der Waals surface area contributed by atoms with E-state index in [-0.39, 0.29) is 5.78 Å². The van der Waals surface area contributed by atoms with Gasteiger partial charge in [-0.1, -0.05) is 101 Å². The zero-order valence-corrected chi connectivity index (χ0v) is 17.6. The zero-order chi connectivity index (χ0) is 20.5. The molecule has 1 N–H and O–H groups in total. The lowest BCUT2D eigenvalue weighted by molar-refractivity contribution is -0.140. The van der Waals surface area contributed by atoms with Crippen LogP contribution in [0.1, 0.15) is 101 Å². The van der Waals surface area contributed by atoms with Gasteiger partial charge in [-0.3, -0.25) is 9.59 Å². The highest BCUT2D eigenvalue weighted by molar-refractivity contribution is 6.08. The Morgan fingerprint density at radius 3 is 1.93 bits per heavy atom. The smallest absolute Gasteiger partial charge is 0.314 e. The van der Waals surface area contributed by atoms with Crippen molar-refractivity contribution in [2.45, 2.75) is 90.4 Å². The summed E-state index contributed by atoms with van der Waals surface area (Å²) in [4.78, 5) is 23.8. The van der Waals surface area contributed by atoms with E-state index in [2.05, 4.69) is 19.1 Å². The first-order valence-electron chi connectivity index (χ1n) is 11.1. The van der Waals surface area contributed by atoms with Crippen LogP contribution < -0.4 is 0 Å². The fourth-order valence-corrected chi connectivity index (χ4v) is 3.41. The Bertz CT molecular complexity index is 562. The maximum absolute atomic E-state index is 12.4. The maximum atomic E-state index is 12.4. The van der Waals surface area contributed by atoms with Crippen LogP contribution in [-0.2, 0) is 4.79 Å². The molecule has 0 saturated carbocycles. The van der Waals surface area contributed by atoms with E-state index in [4.69, 9.17) is 0 Å². The minimum absolute atomic E-state index is 0.272. The Hall–Kier alpha value is -1.90. The fraction of sp³-hybridized carbons (Fsp3) is 0.600. The molecule has 3 heteroatoms. The summed E-state index contributed by atoms with van der Waals surface area (Å²) in [5, 5.41) is 9.38. The lowest BCUT2D eigenvalue weighted by Crippen LogP contribution is -2.23. The molecule has 0 radical (unpaired) electrons. The van der Waals surface area contributed by atoms with E-state index in [9.17, 15) is 14.7 Å². The molecule has 1 aromatic rings. The quantitative estimate of drug-likeness (QED) is 0.133. The summed E-state index contributed by atoms with van der Waals surface area (Å²) in [5.74, 6) is -2.20. The molecule has 0 fully saturated rings. The summed E-state index contributed by atoms with van der Waals surface area (Å²) >= 11 is 0. The maximum Gasteiger partial charge on any atom is 0.314 e. The number of carbonyl (C=O) groups is 2. The normalized spacial score (nSPS) is 12.3. The first-order valence-corrected chi connectivity index (χ1v) is 11.1. The van der Waals surface area contributed by atoms with Gasteiger partial charge >= 0.3 is 5.97 Å². The van der Waals surface area contributed by atoms with E-state index in [1.165, 1.54) is 44.9 Å². The van der Waals surface area contributed by atoms with Gasteiger partial charge in [0, 0.05) is 5.56 Å². The summed E-state index contributed by atoms with van der Waals surface area (Å²) < 4.78 is 0. The Labute approximate surface area is 171 Å². The average molecular weight is 387 g/mol. The summed E-state index contributed by atoms with van der Waals surface area (Å²) in [7, 11) is 0. The SMILES string of the molecule is CCCCCCCC/C=C/CCCCCCC(C(=O)O)C(=O)c1ccccc1. The van der Waals surface area contributed by atoms with Crippen molar-refractivity contribution in [1.29, 1.82) is 0 Å². The molecule has 0 aliphatic heterocycles. The summed E-state index contributed by atoms with van der Waals surface area (Å²) in [6.07, 6.45) is 19.4. The molecule has 1 rings (SSSR count). The van der Waals surface area contributed by atoms with Crippen LogP contribution in [0.2, 0.25) is 0 Å². The molecular formula is C25H38O3. The van der Waals surface area contributed by atoms with E-state index in [1.807, 2.05) is 6.07 Å². The molecule has 0 saturated heterocycles. The highest BCUT2D eigenvalue weighted by atomic mass is 16.4. The second-order valence-electron chi connectivity index (χ2n) is 7.64. The van der Waals surface area contributed by atoms with Gasteiger partial charge in [0.2, 0.25) is 0 Å². The molecule has 0 spiro atoms. The fourth-order valence-electron chi connectivity index (χ4n) is 3.41. The molecule has 0 aliphatic rings. The average Bonchev–Trinajstić information content (AvgIpc) is 2.71. The second-order valence-corrected chi connectivity index (χ2v) is 7.64. The number of Topliss-reactive ketones (excluding diaryl/α,β-unsaturated/α-hetero) is 1. The van der Waals surface area contributed by atoms with Gasteiger partial charge in [-0.25, -0.2) is 0 Å². The lowest BCUT2D eigenvalue weighted by atomic mass is 9.92. The number of carbonyl (C=O) groups excluding carboxylic acids is 1. The first-order chi connectivity index (χ1) is 13.7. The van der Waals surface area contributed by atoms with E-state index < -0.39 is 11.9 Å². The summed E-state index contributed by atoms with van der Waals surface area (Å²) in [5.41, 5.74) is 0.491. The van der Waals surface area contributed by atoms with Crippen LogP contribution in [0.15, 0.2) is 42.5 Å². The molecule has 1 atom stereocenters. The van der Waals surface area contributed by atoms with Crippen molar-refractivity contribution in [3.63, 3.8) is 0 Å². The molecule has 156 valence electrons. The summed E-state index contributed by atoms with van der Waals surface area (Å²) in [6.45, 7) is 2.25. The number of allylic oxidation sites excluding steroid dienone is 2. The number of ketones is 1. The number of unbranched alkanes of at least 4 members (excludes halogenated alkanes) is 10. The third-order valence-electron chi connectivity index (χ3n) is 5.18. The Balaban J connectivity index is 2.08. The van der Waals surface area contributed by atoms with Crippen LogP contribution in [0.3, 0.4) is 0 Å². The molecule has 0 aliphatic carbocycles. The highest BCUT2D eigenvalue weighted by Crippen LogP contribution is 2.17. The topological polar surface area (TPSA) is 54.4 Å². The molecule has 1 unspecified atom stereocenters. The monoisotopic (exact) mass is 386 g/mol. The van der Waals surface area contributed by atoms with Gasteiger partial charge in [-0.05, 0) is 32.1 Å². The predicted octanol–water partition coefficient (Wildman–Crippen LogP) is 7.22. The van der Waals surface area contributed by atoms with E-state index in [1.54, 1.807) is 24.3 Å². The number of hydrogen-bond acceptors (Lipinski definition) is 2. The van der Waals surface area contributed by atoms with Crippen LogP contribution >= 0.6 is 0 Å². The van der Waals surface area contributed by atoms with Crippen molar-refractivity contribution in [3.05, 3.63) is 48.0 Å².